The highest BCUT2D eigenvalue weighted by Crippen LogP contribution is 2.21. The largest absolute Gasteiger partial charge is 0.324 e. The third-order valence-corrected chi connectivity index (χ3v) is 4.39. The molecule has 1 atom stereocenters. The summed E-state index contributed by atoms with van der Waals surface area (Å²) in [5.41, 5.74) is 3.71. The van der Waals surface area contributed by atoms with Gasteiger partial charge >= 0.3 is 0 Å². The summed E-state index contributed by atoms with van der Waals surface area (Å²) in [6, 6.07) is 17.3. The summed E-state index contributed by atoms with van der Waals surface area (Å²) in [5.74, 6) is -0.0768. The summed E-state index contributed by atoms with van der Waals surface area (Å²) in [6.07, 6.45) is 0.961. The van der Waals surface area contributed by atoms with Gasteiger partial charge in [0.2, 0.25) is 5.91 Å². The fraction of sp³-hybridized carbons (Fsp3) is 0.263. The lowest BCUT2D eigenvalue weighted by Gasteiger charge is -2.32. The van der Waals surface area contributed by atoms with E-state index < -0.39 is 0 Å². The third kappa shape index (κ3) is 3.25. The van der Waals surface area contributed by atoms with Crippen molar-refractivity contribution in [2.24, 2.45) is 0 Å². The molecule has 2 aromatic rings. The summed E-state index contributed by atoms with van der Waals surface area (Å²) in [4.78, 5) is 14.7. The van der Waals surface area contributed by atoms with Gasteiger partial charge in [-0.25, -0.2) is 0 Å². The molecule has 1 aliphatic heterocycles. The predicted molar refractivity (Wildman–Crippen MR) is 89.8 cm³/mol. The second-order valence-corrected chi connectivity index (χ2v) is 5.81. The monoisotopic (exact) mass is 305 g/mol. The topological polar surface area (TPSA) is 56.1 Å². The first kappa shape index (κ1) is 15.3. The van der Waals surface area contributed by atoms with Crippen molar-refractivity contribution in [2.45, 2.75) is 25.9 Å². The maximum atomic E-state index is 12.5. The average Bonchev–Trinajstić information content (AvgIpc) is 2.61. The van der Waals surface area contributed by atoms with E-state index in [0.717, 1.165) is 19.5 Å². The van der Waals surface area contributed by atoms with E-state index in [1.54, 1.807) is 18.2 Å². The molecule has 0 unspecified atom stereocenters. The van der Waals surface area contributed by atoms with Crippen LogP contribution in [0.25, 0.3) is 0 Å². The lowest BCUT2D eigenvalue weighted by Crippen LogP contribution is -2.44. The first-order chi connectivity index (χ1) is 11.2. The zero-order valence-electron chi connectivity index (χ0n) is 13.1. The molecule has 1 aliphatic rings. The van der Waals surface area contributed by atoms with Gasteiger partial charge in [-0.3, -0.25) is 9.69 Å². The van der Waals surface area contributed by atoms with E-state index in [2.05, 4.69) is 34.5 Å². The first-order valence-corrected chi connectivity index (χ1v) is 7.80. The van der Waals surface area contributed by atoms with Gasteiger partial charge in [-0.15, -0.1) is 0 Å². The molecule has 1 heterocycles. The molecule has 0 aromatic heterocycles. The molecule has 1 amide bonds. The highest BCUT2D eigenvalue weighted by atomic mass is 16.2. The van der Waals surface area contributed by atoms with Crippen LogP contribution in [0.1, 0.15) is 23.6 Å². The molecule has 0 bridgehead atoms. The van der Waals surface area contributed by atoms with E-state index in [1.165, 1.54) is 11.1 Å². The van der Waals surface area contributed by atoms with Gasteiger partial charge in [-0.1, -0.05) is 36.4 Å². The van der Waals surface area contributed by atoms with E-state index in [1.807, 2.05) is 19.1 Å². The van der Waals surface area contributed by atoms with Gasteiger partial charge in [0, 0.05) is 13.1 Å². The van der Waals surface area contributed by atoms with Crippen LogP contribution in [0.5, 0.6) is 0 Å². The van der Waals surface area contributed by atoms with E-state index >= 15 is 0 Å². The molecule has 3 rings (SSSR count). The Labute approximate surface area is 136 Å². The molecule has 116 valence electrons. The molecule has 23 heavy (non-hydrogen) atoms. The SMILES string of the molecule is C[C@H](C(=O)Nc1ccccc1C#N)N1CCc2ccccc2C1. The van der Waals surface area contributed by atoms with Crippen LogP contribution in [-0.4, -0.2) is 23.4 Å². The molecule has 0 radical (unpaired) electrons. The number of benzene rings is 2. The van der Waals surface area contributed by atoms with E-state index in [9.17, 15) is 4.79 Å². The lowest BCUT2D eigenvalue weighted by molar-refractivity contribution is -0.121. The Morgan fingerprint density at radius 2 is 1.87 bits per heavy atom. The number of amides is 1. The van der Waals surface area contributed by atoms with Gasteiger partial charge in [0.1, 0.15) is 6.07 Å². The molecule has 0 fully saturated rings. The van der Waals surface area contributed by atoms with Crippen LogP contribution in [0.3, 0.4) is 0 Å². The van der Waals surface area contributed by atoms with Crippen LogP contribution in [0.15, 0.2) is 48.5 Å². The number of carbonyl (C=O) groups is 1. The number of carbonyl (C=O) groups excluding carboxylic acids is 1. The Bertz CT molecular complexity index is 763. The van der Waals surface area contributed by atoms with Crippen LogP contribution in [0, 0.1) is 11.3 Å². The standard InChI is InChI=1S/C19H19N3O/c1-14(19(23)21-18-9-5-4-7-16(18)12-20)22-11-10-15-6-2-3-8-17(15)13-22/h2-9,14H,10-11,13H2,1H3,(H,21,23)/t14-/m1/s1. The van der Waals surface area contributed by atoms with Crippen molar-refractivity contribution in [1.82, 2.24) is 4.90 Å². The number of rotatable bonds is 3. The number of para-hydroxylation sites is 1. The number of fused-ring (bicyclic) bond motifs is 1. The first-order valence-electron chi connectivity index (χ1n) is 7.80. The van der Waals surface area contributed by atoms with Crippen LogP contribution in [-0.2, 0) is 17.8 Å². The van der Waals surface area contributed by atoms with E-state index in [0.29, 0.717) is 11.3 Å². The van der Waals surface area contributed by atoms with Gasteiger partial charge in [0.25, 0.3) is 0 Å². The molecular formula is C19H19N3O. The summed E-state index contributed by atoms with van der Waals surface area (Å²) in [6.45, 7) is 3.56. The molecule has 0 saturated carbocycles. The number of nitrogens with zero attached hydrogens (tertiary/aromatic N) is 2. The quantitative estimate of drug-likeness (QED) is 0.948. The van der Waals surface area contributed by atoms with Crippen LogP contribution in [0.2, 0.25) is 0 Å². The van der Waals surface area contributed by atoms with Crippen molar-refractivity contribution in [3.05, 3.63) is 65.2 Å². The van der Waals surface area contributed by atoms with Gasteiger partial charge in [-0.05, 0) is 36.6 Å². The zero-order valence-corrected chi connectivity index (χ0v) is 13.1. The normalized spacial score (nSPS) is 15.3. The average molecular weight is 305 g/mol. The summed E-state index contributed by atoms with van der Waals surface area (Å²) >= 11 is 0. The molecule has 0 spiro atoms. The number of nitriles is 1. The Hall–Kier alpha value is -2.64. The molecule has 4 nitrogen and oxygen atoms in total. The van der Waals surface area contributed by atoms with Crippen molar-refractivity contribution in [1.29, 1.82) is 5.26 Å². The summed E-state index contributed by atoms with van der Waals surface area (Å²) in [7, 11) is 0. The number of nitrogens with one attached hydrogen (secondary N) is 1. The van der Waals surface area contributed by atoms with Gasteiger partial charge in [-0.2, -0.15) is 5.26 Å². The maximum Gasteiger partial charge on any atom is 0.241 e. The second kappa shape index (κ2) is 6.64. The van der Waals surface area contributed by atoms with E-state index in [-0.39, 0.29) is 11.9 Å². The fourth-order valence-electron chi connectivity index (χ4n) is 2.94. The molecule has 0 aliphatic carbocycles. The fourth-order valence-corrected chi connectivity index (χ4v) is 2.94. The minimum atomic E-state index is -0.241. The predicted octanol–water partition coefficient (Wildman–Crippen LogP) is 2.94. The van der Waals surface area contributed by atoms with Crippen molar-refractivity contribution in [2.75, 3.05) is 11.9 Å². The number of hydrogen-bond acceptors (Lipinski definition) is 3. The number of hydrogen-bond donors (Lipinski definition) is 1. The molecule has 1 N–H and O–H groups in total. The van der Waals surface area contributed by atoms with E-state index in [4.69, 9.17) is 5.26 Å². The smallest absolute Gasteiger partial charge is 0.241 e. The summed E-state index contributed by atoms with van der Waals surface area (Å²) in [5, 5.41) is 12.0. The van der Waals surface area contributed by atoms with Crippen LogP contribution >= 0.6 is 0 Å². The number of anilines is 1. The molecule has 0 saturated heterocycles. The Balaban J connectivity index is 1.70. The lowest BCUT2D eigenvalue weighted by atomic mass is 9.98. The highest BCUT2D eigenvalue weighted by molar-refractivity contribution is 5.95. The van der Waals surface area contributed by atoms with Crippen LogP contribution in [0.4, 0.5) is 5.69 Å². The minimum Gasteiger partial charge on any atom is -0.324 e. The van der Waals surface area contributed by atoms with Gasteiger partial charge < -0.3 is 5.32 Å². The van der Waals surface area contributed by atoms with Crippen molar-refractivity contribution in [3.63, 3.8) is 0 Å². The Morgan fingerprint density at radius 1 is 1.17 bits per heavy atom. The van der Waals surface area contributed by atoms with Crippen molar-refractivity contribution >= 4 is 11.6 Å². The molecule has 2 aromatic carbocycles. The second-order valence-electron chi connectivity index (χ2n) is 5.81. The van der Waals surface area contributed by atoms with Crippen molar-refractivity contribution < 1.29 is 4.79 Å². The Kier molecular flexibility index (Phi) is 4.40. The molecular weight excluding hydrogens is 286 g/mol. The van der Waals surface area contributed by atoms with Gasteiger partial charge in [0.15, 0.2) is 0 Å². The third-order valence-electron chi connectivity index (χ3n) is 4.39. The Morgan fingerprint density at radius 3 is 2.65 bits per heavy atom. The molecule has 4 heteroatoms. The minimum absolute atomic E-state index is 0.0768. The van der Waals surface area contributed by atoms with Gasteiger partial charge in [0.05, 0.1) is 17.3 Å². The van der Waals surface area contributed by atoms with Crippen LogP contribution < -0.4 is 5.32 Å². The summed E-state index contributed by atoms with van der Waals surface area (Å²) < 4.78 is 0. The zero-order chi connectivity index (χ0) is 16.2. The maximum absolute atomic E-state index is 12.5. The van der Waals surface area contributed by atoms with Crippen molar-refractivity contribution in [3.8, 4) is 6.07 Å². The highest BCUT2D eigenvalue weighted by Gasteiger charge is 2.25.